The van der Waals surface area contributed by atoms with E-state index in [0.29, 0.717) is 32.8 Å². The molecule has 1 saturated heterocycles. The van der Waals surface area contributed by atoms with Crippen LogP contribution in [0.4, 0.5) is 32.3 Å². The summed E-state index contributed by atoms with van der Waals surface area (Å²) in [5.41, 5.74) is -3.57. The van der Waals surface area contributed by atoms with Gasteiger partial charge in [-0.2, -0.15) is 31.4 Å². The number of H-pyrrole nitrogens is 1. The lowest BCUT2D eigenvalue weighted by Gasteiger charge is -2.32. The van der Waals surface area contributed by atoms with Gasteiger partial charge in [0.05, 0.1) is 18.4 Å². The molecule has 3 heterocycles. The zero-order valence-corrected chi connectivity index (χ0v) is 21.1. The maximum Gasteiger partial charge on any atom is 0.425 e. The molecule has 1 aliphatic rings. The minimum atomic E-state index is -4.78. The Kier molecular flexibility index (Phi) is 13.5. The molecule has 1 N–H and O–H groups in total. The van der Waals surface area contributed by atoms with E-state index in [-0.39, 0.29) is 19.2 Å². The zero-order chi connectivity index (χ0) is 28.8. The number of anilines is 1. The number of piperazine rings is 1. The van der Waals surface area contributed by atoms with Crippen molar-refractivity contribution in [2.24, 2.45) is 0 Å². The van der Waals surface area contributed by atoms with Gasteiger partial charge >= 0.3 is 12.4 Å². The molecular formula is C22H30F6N6O4. The Bertz CT molecular complexity index is 1010. The SMILES string of the molecule is CC.CCCOCCOc1cn[nH]c(=O)c1C(F)(F)F.O=CN1CCN(c2ncc(C(F)(F)F)cn2)CC1. The normalized spacial score (nSPS) is 13.6. The van der Waals surface area contributed by atoms with Crippen LogP contribution in [0, 0.1) is 0 Å². The fourth-order valence-corrected chi connectivity index (χ4v) is 2.87. The average molecular weight is 557 g/mol. The molecule has 2 aromatic heterocycles. The third-order valence-corrected chi connectivity index (χ3v) is 4.65. The van der Waals surface area contributed by atoms with Gasteiger partial charge in [0.2, 0.25) is 12.4 Å². The van der Waals surface area contributed by atoms with Crippen molar-refractivity contribution in [2.75, 3.05) is 50.9 Å². The number of carbonyl (C=O) groups excluding carboxylic acids is 1. The molecule has 2 aromatic rings. The summed E-state index contributed by atoms with van der Waals surface area (Å²) in [5, 5.41) is 4.99. The standard InChI is InChI=1S/C10H11F3N4O.C10H13F3N2O3.C2H6/c11-10(12,13)8-5-14-9(15-6-8)17-3-1-16(7-18)2-4-17;1-2-3-17-4-5-18-7-6-14-15-9(16)8(7)10(11,12)13;1-2/h5-7H,1-4H2;6H,2-5H2,1H3,(H,15,16);1-2H3. The molecule has 1 amide bonds. The van der Waals surface area contributed by atoms with E-state index in [2.05, 4.69) is 15.1 Å². The number of halogens is 6. The molecule has 0 unspecified atom stereocenters. The van der Waals surface area contributed by atoms with Crippen molar-refractivity contribution >= 4 is 12.4 Å². The molecule has 16 heteroatoms. The van der Waals surface area contributed by atoms with E-state index in [1.807, 2.05) is 20.8 Å². The minimum Gasteiger partial charge on any atom is -0.489 e. The first-order chi connectivity index (χ1) is 18.0. The maximum absolute atomic E-state index is 12.6. The van der Waals surface area contributed by atoms with Gasteiger partial charge in [-0.1, -0.05) is 20.8 Å². The van der Waals surface area contributed by atoms with Gasteiger partial charge in [-0.3, -0.25) is 9.59 Å². The van der Waals surface area contributed by atoms with Gasteiger partial charge in [0, 0.05) is 45.2 Å². The Morgan fingerprint density at radius 1 is 0.947 bits per heavy atom. The first kappa shape index (κ1) is 32.6. The zero-order valence-electron chi connectivity index (χ0n) is 21.1. The highest BCUT2D eigenvalue weighted by molar-refractivity contribution is 5.48. The third kappa shape index (κ3) is 10.5. The smallest absolute Gasteiger partial charge is 0.425 e. The lowest BCUT2D eigenvalue weighted by atomic mass is 10.3. The van der Waals surface area contributed by atoms with Crippen molar-refractivity contribution in [1.82, 2.24) is 25.1 Å². The van der Waals surface area contributed by atoms with Crippen LogP contribution in [0.1, 0.15) is 38.3 Å². The number of nitrogens with zero attached hydrogens (tertiary/aromatic N) is 5. The van der Waals surface area contributed by atoms with E-state index in [1.165, 1.54) is 0 Å². The van der Waals surface area contributed by atoms with Gasteiger partial charge in [0.1, 0.15) is 6.61 Å². The van der Waals surface area contributed by atoms with E-state index in [1.54, 1.807) is 14.9 Å². The van der Waals surface area contributed by atoms with Crippen LogP contribution < -0.4 is 15.2 Å². The Morgan fingerprint density at radius 3 is 2.05 bits per heavy atom. The summed E-state index contributed by atoms with van der Waals surface area (Å²) in [4.78, 5) is 32.3. The van der Waals surface area contributed by atoms with Gasteiger partial charge < -0.3 is 19.3 Å². The Morgan fingerprint density at radius 2 is 1.55 bits per heavy atom. The number of aromatic nitrogens is 4. The Hall–Kier alpha value is -3.43. The summed E-state index contributed by atoms with van der Waals surface area (Å²) in [6.45, 7) is 8.56. The molecule has 38 heavy (non-hydrogen) atoms. The Labute approximate surface area is 215 Å². The monoisotopic (exact) mass is 556 g/mol. The molecule has 0 aliphatic carbocycles. The number of hydrogen-bond acceptors (Lipinski definition) is 8. The number of ether oxygens (including phenoxy) is 2. The molecule has 1 fully saturated rings. The molecular weight excluding hydrogens is 526 g/mol. The second-order valence-corrected chi connectivity index (χ2v) is 7.29. The van der Waals surface area contributed by atoms with E-state index < -0.39 is 34.8 Å². The highest BCUT2D eigenvalue weighted by atomic mass is 19.4. The molecule has 3 rings (SSSR count). The molecule has 214 valence electrons. The van der Waals surface area contributed by atoms with Crippen molar-refractivity contribution in [3.63, 3.8) is 0 Å². The number of amides is 1. The van der Waals surface area contributed by atoms with Crippen LogP contribution in [0.15, 0.2) is 23.4 Å². The molecule has 0 bridgehead atoms. The second kappa shape index (κ2) is 15.7. The van der Waals surface area contributed by atoms with Gasteiger partial charge in [-0.05, 0) is 6.42 Å². The van der Waals surface area contributed by atoms with Crippen LogP contribution in [-0.2, 0) is 21.9 Å². The summed E-state index contributed by atoms with van der Waals surface area (Å²) in [5.74, 6) is -0.333. The predicted molar refractivity (Wildman–Crippen MR) is 125 cm³/mol. The first-order valence-corrected chi connectivity index (χ1v) is 11.7. The van der Waals surface area contributed by atoms with Crippen molar-refractivity contribution in [3.05, 3.63) is 40.1 Å². The molecule has 0 radical (unpaired) electrons. The molecule has 1 aliphatic heterocycles. The van der Waals surface area contributed by atoms with Crippen molar-refractivity contribution in [2.45, 2.75) is 39.5 Å². The predicted octanol–water partition coefficient (Wildman–Crippen LogP) is 3.39. The minimum absolute atomic E-state index is 0.0752. The lowest BCUT2D eigenvalue weighted by molar-refractivity contribution is -0.140. The summed E-state index contributed by atoms with van der Waals surface area (Å²) in [6, 6.07) is 0. The van der Waals surface area contributed by atoms with E-state index in [9.17, 15) is 35.9 Å². The van der Waals surface area contributed by atoms with Gasteiger partial charge in [-0.25, -0.2) is 15.1 Å². The summed E-state index contributed by atoms with van der Waals surface area (Å²) < 4.78 is 84.6. The fourth-order valence-electron chi connectivity index (χ4n) is 2.87. The van der Waals surface area contributed by atoms with Gasteiger partial charge in [-0.15, -0.1) is 0 Å². The number of aromatic amines is 1. The highest BCUT2D eigenvalue weighted by Gasteiger charge is 2.38. The number of alkyl halides is 6. The second-order valence-electron chi connectivity index (χ2n) is 7.29. The fraction of sp³-hybridized carbons (Fsp3) is 0.591. The number of rotatable bonds is 8. The van der Waals surface area contributed by atoms with Crippen LogP contribution in [0.5, 0.6) is 5.75 Å². The van der Waals surface area contributed by atoms with E-state index >= 15 is 0 Å². The number of carbonyl (C=O) groups is 1. The lowest BCUT2D eigenvalue weighted by Crippen LogP contribution is -2.46. The number of nitrogens with one attached hydrogen (secondary N) is 1. The summed E-state index contributed by atoms with van der Waals surface area (Å²) >= 11 is 0. The van der Waals surface area contributed by atoms with Crippen LogP contribution in [-0.4, -0.2) is 77.5 Å². The van der Waals surface area contributed by atoms with Crippen LogP contribution >= 0.6 is 0 Å². The Balaban J connectivity index is 0.000000357. The van der Waals surface area contributed by atoms with Crippen LogP contribution in [0.25, 0.3) is 0 Å². The van der Waals surface area contributed by atoms with E-state index in [4.69, 9.17) is 9.47 Å². The van der Waals surface area contributed by atoms with Gasteiger partial charge in [0.15, 0.2) is 11.3 Å². The molecule has 0 aromatic carbocycles. The molecule has 0 atom stereocenters. The molecule has 0 spiro atoms. The van der Waals surface area contributed by atoms with Crippen LogP contribution in [0.2, 0.25) is 0 Å². The van der Waals surface area contributed by atoms with Gasteiger partial charge in [0.25, 0.3) is 5.56 Å². The van der Waals surface area contributed by atoms with E-state index in [0.717, 1.165) is 31.4 Å². The highest BCUT2D eigenvalue weighted by Crippen LogP contribution is 2.32. The van der Waals surface area contributed by atoms with Crippen LogP contribution in [0.3, 0.4) is 0 Å². The quantitative estimate of drug-likeness (QED) is 0.299. The largest absolute Gasteiger partial charge is 0.489 e. The summed E-state index contributed by atoms with van der Waals surface area (Å²) in [6.07, 6.45) is -5.27. The maximum atomic E-state index is 12.6. The number of hydrogen-bond donors (Lipinski definition) is 1. The topological polar surface area (TPSA) is 114 Å². The van der Waals surface area contributed by atoms with Crippen molar-refractivity contribution in [3.8, 4) is 5.75 Å². The molecule has 10 nitrogen and oxygen atoms in total. The average Bonchev–Trinajstić information content (AvgIpc) is 2.89. The molecule has 0 saturated carbocycles. The third-order valence-electron chi connectivity index (χ3n) is 4.65. The summed E-state index contributed by atoms with van der Waals surface area (Å²) in [7, 11) is 0. The van der Waals surface area contributed by atoms with Crippen molar-refractivity contribution < 1.29 is 40.6 Å². The first-order valence-electron chi connectivity index (χ1n) is 11.7. The van der Waals surface area contributed by atoms with Crippen molar-refractivity contribution in [1.29, 1.82) is 0 Å².